The Kier molecular flexibility index (Phi) is 33.5. The molecule has 0 saturated heterocycles. The molecule has 1 N–H and O–H groups in total. The number of hydrogen-bond donors (Lipinski definition) is 1. The maximum Gasteiger partial charge on any atom is 0.0701 e. The van der Waals surface area contributed by atoms with Gasteiger partial charge < -0.3 is 33.5 Å². The summed E-state index contributed by atoms with van der Waals surface area (Å²) in [5, 5.41) is 8.70. The van der Waals surface area contributed by atoms with Crippen molar-refractivity contribution in [3.63, 3.8) is 0 Å². The van der Waals surface area contributed by atoms with Crippen LogP contribution in [0, 0.1) is 0 Å². The van der Waals surface area contributed by atoms with Crippen LogP contribution in [0.3, 0.4) is 0 Å². The predicted octanol–water partition coefficient (Wildman–Crippen LogP) is 5.56. The molecule has 0 aromatic rings. The number of ether oxygens (including phenoxy) is 6. The molecular weight excluding hydrogens is 448 g/mol. The molecule has 0 aliphatic carbocycles. The Morgan fingerprint density at radius 1 is 0.314 bits per heavy atom. The van der Waals surface area contributed by atoms with E-state index >= 15 is 0 Å². The van der Waals surface area contributed by atoms with Crippen molar-refractivity contribution in [2.24, 2.45) is 0 Å². The summed E-state index contributed by atoms with van der Waals surface area (Å²) in [6, 6.07) is 0. The maximum absolute atomic E-state index is 8.70. The Labute approximate surface area is 216 Å². The molecule has 0 unspecified atom stereocenters. The zero-order valence-corrected chi connectivity index (χ0v) is 23.0. The molecule has 0 radical (unpaired) electrons. The summed E-state index contributed by atoms with van der Waals surface area (Å²) < 4.78 is 33.1. The summed E-state index contributed by atoms with van der Waals surface area (Å²) >= 11 is 0. The van der Waals surface area contributed by atoms with E-state index in [1.165, 1.54) is 57.8 Å². The number of hydrogen-bond acceptors (Lipinski definition) is 7. The molecule has 0 saturated carbocycles. The quantitative estimate of drug-likeness (QED) is 0.120. The van der Waals surface area contributed by atoms with Gasteiger partial charge in [0.05, 0.1) is 66.1 Å². The summed E-state index contributed by atoms with van der Waals surface area (Å²) in [6.07, 6.45) is 17.6. The Morgan fingerprint density at radius 2 is 0.571 bits per heavy atom. The fourth-order valence-electron chi connectivity index (χ4n) is 3.56. The summed E-state index contributed by atoms with van der Waals surface area (Å²) in [4.78, 5) is 0. The minimum atomic E-state index is 0.284. The molecule has 0 bridgehead atoms. The van der Waals surface area contributed by atoms with Crippen molar-refractivity contribution < 1.29 is 33.5 Å². The van der Waals surface area contributed by atoms with Gasteiger partial charge in [0.25, 0.3) is 0 Å². The topological polar surface area (TPSA) is 75.6 Å². The van der Waals surface area contributed by atoms with Crippen LogP contribution < -0.4 is 0 Å². The zero-order chi connectivity index (χ0) is 25.3. The zero-order valence-electron chi connectivity index (χ0n) is 23.0. The molecule has 0 aromatic carbocycles. The molecule has 7 heteroatoms. The van der Waals surface area contributed by atoms with Crippen molar-refractivity contribution in [3.8, 4) is 0 Å². The Morgan fingerprint density at radius 3 is 0.886 bits per heavy atom. The van der Waals surface area contributed by atoms with E-state index < -0.39 is 0 Å². The van der Waals surface area contributed by atoms with Crippen molar-refractivity contribution in [2.75, 3.05) is 85.9 Å². The van der Waals surface area contributed by atoms with E-state index in [4.69, 9.17) is 33.5 Å². The Hall–Kier alpha value is -0.280. The van der Waals surface area contributed by atoms with E-state index in [0.717, 1.165) is 45.3 Å². The number of aliphatic hydroxyl groups excluding tert-OH is 1. The molecule has 35 heavy (non-hydrogen) atoms. The van der Waals surface area contributed by atoms with Crippen LogP contribution in [0.4, 0.5) is 0 Å². The highest BCUT2D eigenvalue weighted by molar-refractivity contribution is 4.47. The summed E-state index contributed by atoms with van der Waals surface area (Å²) in [6.45, 7) is 10.1. The van der Waals surface area contributed by atoms with Crippen molar-refractivity contribution in [1.29, 1.82) is 0 Å². The first-order chi connectivity index (χ1) is 17.4. The van der Waals surface area contributed by atoms with Crippen LogP contribution in [-0.2, 0) is 28.4 Å². The minimum absolute atomic E-state index is 0.284. The highest BCUT2D eigenvalue weighted by Crippen LogP contribution is 2.10. The fraction of sp³-hybridized carbons (Fsp3) is 1.00. The van der Waals surface area contributed by atoms with Gasteiger partial charge in [0.1, 0.15) is 0 Å². The molecule has 0 rings (SSSR count). The van der Waals surface area contributed by atoms with Gasteiger partial charge in [0.2, 0.25) is 0 Å². The first-order valence-corrected chi connectivity index (χ1v) is 14.5. The maximum atomic E-state index is 8.70. The lowest BCUT2D eigenvalue weighted by Crippen LogP contribution is -2.14. The summed E-state index contributed by atoms with van der Waals surface area (Å²) in [5.41, 5.74) is 0. The van der Waals surface area contributed by atoms with Crippen LogP contribution >= 0.6 is 0 Å². The minimum Gasteiger partial charge on any atom is -0.396 e. The monoisotopic (exact) mass is 506 g/mol. The van der Waals surface area contributed by atoms with Crippen LogP contribution in [0.1, 0.15) is 96.8 Å². The van der Waals surface area contributed by atoms with Gasteiger partial charge in [0.15, 0.2) is 0 Å². The predicted molar refractivity (Wildman–Crippen MR) is 142 cm³/mol. The van der Waals surface area contributed by atoms with Gasteiger partial charge in [-0.05, 0) is 19.3 Å². The first kappa shape index (κ1) is 34.7. The highest BCUT2D eigenvalue weighted by atomic mass is 16.6. The van der Waals surface area contributed by atoms with E-state index in [0.29, 0.717) is 66.1 Å². The standard InChI is InChI=1S/C28H58O7/c1-2-3-4-5-6-7-8-9-11-14-17-30-19-21-32-23-25-34-27-28-35-26-24-33-22-20-31-18-15-12-10-13-16-29/h29H,2-28H2,1H3. The third-order valence-electron chi connectivity index (χ3n) is 5.70. The normalized spacial score (nSPS) is 11.5. The number of unbranched alkanes of at least 4 members (excludes halogenated alkanes) is 12. The van der Waals surface area contributed by atoms with Gasteiger partial charge in [-0.2, -0.15) is 0 Å². The molecule has 0 amide bonds. The third-order valence-corrected chi connectivity index (χ3v) is 5.70. The molecule has 212 valence electrons. The SMILES string of the molecule is CCCCCCCCCCCCOCCOCCOCCOCCOCCOCCCCCCO. The smallest absolute Gasteiger partial charge is 0.0701 e. The molecule has 0 aromatic heterocycles. The van der Waals surface area contributed by atoms with E-state index in [9.17, 15) is 0 Å². The van der Waals surface area contributed by atoms with Crippen LogP contribution in [-0.4, -0.2) is 91.0 Å². The average molecular weight is 507 g/mol. The number of rotatable bonds is 32. The van der Waals surface area contributed by atoms with Gasteiger partial charge >= 0.3 is 0 Å². The molecule has 0 fully saturated rings. The summed E-state index contributed by atoms with van der Waals surface area (Å²) in [7, 11) is 0. The van der Waals surface area contributed by atoms with Crippen molar-refractivity contribution in [3.05, 3.63) is 0 Å². The van der Waals surface area contributed by atoms with Crippen molar-refractivity contribution >= 4 is 0 Å². The first-order valence-electron chi connectivity index (χ1n) is 14.5. The molecule has 0 aliphatic rings. The molecule has 0 spiro atoms. The lowest BCUT2D eigenvalue weighted by Gasteiger charge is -2.08. The van der Waals surface area contributed by atoms with E-state index in [1.54, 1.807) is 0 Å². The molecular formula is C28H58O7. The second-order valence-electron chi connectivity index (χ2n) is 8.99. The van der Waals surface area contributed by atoms with E-state index in [1.807, 2.05) is 0 Å². The lowest BCUT2D eigenvalue weighted by atomic mass is 10.1. The van der Waals surface area contributed by atoms with Gasteiger partial charge in [-0.25, -0.2) is 0 Å². The molecule has 0 heterocycles. The van der Waals surface area contributed by atoms with Gasteiger partial charge in [-0.1, -0.05) is 77.6 Å². The van der Waals surface area contributed by atoms with Gasteiger partial charge in [0, 0.05) is 19.8 Å². The van der Waals surface area contributed by atoms with Crippen molar-refractivity contribution in [2.45, 2.75) is 96.8 Å². The summed E-state index contributed by atoms with van der Waals surface area (Å²) in [5.74, 6) is 0. The largest absolute Gasteiger partial charge is 0.396 e. The Bertz CT molecular complexity index is 326. The third kappa shape index (κ3) is 33.7. The van der Waals surface area contributed by atoms with Crippen LogP contribution in [0.15, 0.2) is 0 Å². The van der Waals surface area contributed by atoms with Crippen LogP contribution in [0.25, 0.3) is 0 Å². The molecule has 0 aliphatic heterocycles. The Balaban J connectivity index is 3.00. The van der Waals surface area contributed by atoms with Crippen LogP contribution in [0.5, 0.6) is 0 Å². The van der Waals surface area contributed by atoms with Gasteiger partial charge in [-0.15, -0.1) is 0 Å². The van der Waals surface area contributed by atoms with Gasteiger partial charge in [-0.3, -0.25) is 0 Å². The van der Waals surface area contributed by atoms with Crippen LogP contribution in [0.2, 0.25) is 0 Å². The molecule has 7 nitrogen and oxygen atoms in total. The second kappa shape index (κ2) is 33.7. The fourth-order valence-corrected chi connectivity index (χ4v) is 3.56. The molecule has 0 atom stereocenters. The van der Waals surface area contributed by atoms with Crippen molar-refractivity contribution in [1.82, 2.24) is 0 Å². The highest BCUT2D eigenvalue weighted by Gasteiger charge is 1.96. The average Bonchev–Trinajstić information content (AvgIpc) is 2.87. The van der Waals surface area contributed by atoms with E-state index in [-0.39, 0.29) is 6.61 Å². The lowest BCUT2D eigenvalue weighted by molar-refractivity contribution is -0.0169. The van der Waals surface area contributed by atoms with E-state index in [2.05, 4.69) is 6.92 Å². The second-order valence-corrected chi connectivity index (χ2v) is 8.99. The number of aliphatic hydroxyl groups is 1.